The highest BCUT2D eigenvalue weighted by atomic mass is 79.9. The molecular weight excluding hydrogens is 713 g/mol. The van der Waals surface area contributed by atoms with Crippen molar-refractivity contribution in [3.8, 4) is 5.75 Å². The van der Waals surface area contributed by atoms with E-state index < -0.39 is 8.32 Å². The molecule has 1 nitrogen and oxygen atoms in total. The van der Waals surface area contributed by atoms with E-state index in [2.05, 4.69) is 142 Å². The van der Waals surface area contributed by atoms with Gasteiger partial charge in [0.1, 0.15) is 5.75 Å². The summed E-state index contributed by atoms with van der Waals surface area (Å²) in [6, 6.07) is 16.1. The molecule has 0 fully saturated rings. The van der Waals surface area contributed by atoms with E-state index in [4.69, 9.17) is 4.43 Å². The van der Waals surface area contributed by atoms with Crippen LogP contribution >= 0.6 is 15.9 Å². The van der Waals surface area contributed by atoms with Gasteiger partial charge in [-0.25, -0.2) is 0 Å². The van der Waals surface area contributed by atoms with Gasteiger partial charge in [-0.3, -0.25) is 0 Å². The van der Waals surface area contributed by atoms with Crippen LogP contribution < -0.4 is 4.43 Å². The molecule has 2 aromatic rings. The number of hydrogen-bond acceptors (Lipinski definition) is 1. The molecule has 0 spiro atoms. The Morgan fingerprint density at radius 1 is 0.500 bits per heavy atom. The number of hydrogen-bond donors (Lipinski definition) is 0. The fourth-order valence-electron chi connectivity index (χ4n) is 14.3. The third kappa shape index (κ3) is 8.04. The minimum absolute atomic E-state index is 0.140. The summed E-state index contributed by atoms with van der Waals surface area (Å²) in [5.41, 5.74) is 0.991. The van der Waals surface area contributed by atoms with Crippen molar-refractivity contribution in [3.05, 3.63) is 40.9 Å². The molecule has 0 radical (unpaired) electrons. The van der Waals surface area contributed by atoms with Gasteiger partial charge in [-0.1, -0.05) is 182 Å². The second-order valence-electron chi connectivity index (χ2n) is 17.1. The normalized spacial score (nSPS) is 17.3. The van der Waals surface area contributed by atoms with Crippen molar-refractivity contribution < 1.29 is 4.43 Å². The number of fused-ring (bicyclic) bond motifs is 1. The van der Waals surface area contributed by atoms with Crippen LogP contribution in [0.1, 0.15) is 212 Å². The smallest absolute Gasteiger partial charge is 0.257 e. The van der Waals surface area contributed by atoms with Crippen molar-refractivity contribution in [3.63, 3.8) is 0 Å². The summed E-state index contributed by atoms with van der Waals surface area (Å²) in [6.45, 7) is 33.2. The molecule has 0 aromatic heterocycles. The molecule has 2 aromatic carbocycles. The standard InChI is InChI=1S/C49H87BrOSi/c1-14-31-45(22-9,32-15-2)46(23-10,33-16-3)47(24-11,34-17-4)48(25-12,35-18-5)49(26-13,36-19-6)52(37-20-7,38-21-8)51-42-39-41-29-27-28-30-43(41)44(50)40-42/h27-30,39-40H,14-26,31-38H2,1-13H3. The summed E-state index contributed by atoms with van der Waals surface area (Å²) < 4.78 is 9.34. The van der Waals surface area contributed by atoms with Gasteiger partial charge in [-0.15, -0.1) is 0 Å². The second-order valence-corrected chi connectivity index (χ2v) is 22.1. The van der Waals surface area contributed by atoms with E-state index in [-0.39, 0.29) is 21.3 Å². The van der Waals surface area contributed by atoms with E-state index in [1.165, 1.54) is 145 Å². The maximum atomic E-state index is 8.17. The van der Waals surface area contributed by atoms with E-state index in [9.17, 15) is 0 Å². The summed E-state index contributed by atoms with van der Waals surface area (Å²) in [5, 5.41) is 2.70. The van der Waals surface area contributed by atoms with Crippen LogP contribution in [0.4, 0.5) is 0 Å². The minimum Gasteiger partial charge on any atom is -0.543 e. The van der Waals surface area contributed by atoms with E-state index >= 15 is 0 Å². The van der Waals surface area contributed by atoms with Crippen LogP contribution in [0, 0.1) is 21.7 Å². The van der Waals surface area contributed by atoms with Crippen molar-refractivity contribution >= 4 is 35.0 Å². The Morgan fingerprint density at radius 3 is 1.42 bits per heavy atom. The van der Waals surface area contributed by atoms with Crippen molar-refractivity contribution in [1.82, 2.24) is 0 Å². The monoisotopic (exact) mass is 799 g/mol. The summed E-state index contributed by atoms with van der Waals surface area (Å²) in [4.78, 5) is 0. The molecule has 0 aliphatic rings. The maximum Gasteiger partial charge on any atom is 0.257 e. The van der Waals surface area contributed by atoms with Crippen LogP contribution in [0.3, 0.4) is 0 Å². The lowest BCUT2D eigenvalue weighted by Gasteiger charge is -2.74. The topological polar surface area (TPSA) is 9.23 Å². The van der Waals surface area contributed by atoms with Gasteiger partial charge in [0.2, 0.25) is 0 Å². The molecule has 3 heteroatoms. The van der Waals surface area contributed by atoms with E-state index in [1.54, 1.807) is 0 Å². The molecule has 0 saturated carbocycles. The highest BCUT2D eigenvalue weighted by Gasteiger charge is 2.73. The van der Waals surface area contributed by atoms with Gasteiger partial charge in [0.15, 0.2) is 0 Å². The van der Waals surface area contributed by atoms with Crippen molar-refractivity contribution in [2.45, 2.75) is 229 Å². The van der Waals surface area contributed by atoms with Gasteiger partial charge in [-0.05, 0) is 127 Å². The lowest BCUT2D eigenvalue weighted by Crippen LogP contribution is -2.69. The van der Waals surface area contributed by atoms with E-state index in [0.717, 1.165) is 10.2 Å². The molecule has 0 aliphatic heterocycles. The number of benzene rings is 2. The Labute approximate surface area is 335 Å². The average molecular weight is 800 g/mol. The Hall–Kier alpha value is -0.803. The van der Waals surface area contributed by atoms with Crippen molar-refractivity contribution in [1.29, 1.82) is 0 Å². The number of rotatable bonds is 28. The van der Waals surface area contributed by atoms with Gasteiger partial charge in [0, 0.05) is 9.51 Å². The lowest BCUT2D eigenvalue weighted by atomic mass is 9.34. The molecule has 0 saturated heterocycles. The average Bonchev–Trinajstić information content (AvgIpc) is 3.14. The van der Waals surface area contributed by atoms with Crippen LogP contribution in [0.25, 0.3) is 10.8 Å². The van der Waals surface area contributed by atoms with E-state index in [1.807, 2.05) is 0 Å². The van der Waals surface area contributed by atoms with Crippen molar-refractivity contribution in [2.24, 2.45) is 21.7 Å². The zero-order valence-corrected chi connectivity index (χ0v) is 39.7. The highest BCUT2D eigenvalue weighted by Crippen LogP contribution is 2.80. The zero-order chi connectivity index (χ0) is 39.1. The predicted octanol–water partition coefficient (Wildman–Crippen LogP) is 18.3. The summed E-state index contributed by atoms with van der Waals surface area (Å²) in [5.74, 6) is 1.11. The molecule has 0 aliphatic carbocycles. The summed E-state index contributed by atoms with van der Waals surface area (Å²) in [7, 11) is -2.54. The third-order valence-corrected chi connectivity index (χ3v) is 22.0. The molecule has 0 bridgehead atoms. The Balaban J connectivity index is 3.40. The van der Waals surface area contributed by atoms with Gasteiger partial charge in [-0.2, -0.15) is 0 Å². The first kappa shape index (κ1) is 47.3. The molecule has 0 N–H and O–H groups in total. The Morgan fingerprint density at radius 2 is 0.981 bits per heavy atom. The van der Waals surface area contributed by atoms with Gasteiger partial charge in [0.05, 0.1) is 0 Å². The van der Waals surface area contributed by atoms with Crippen LogP contribution in [0.15, 0.2) is 40.9 Å². The first-order chi connectivity index (χ1) is 25.0. The summed E-state index contributed by atoms with van der Waals surface area (Å²) in [6.07, 6.45) is 24.4. The Bertz CT molecular complexity index is 1290. The fraction of sp³-hybridized carbons (Fsp3) is 0.796. The fourth-order valence-corrected chi connectivity index (χ4v) is 21.5. The SMILES string of the molecule is CCCC(CC)(CCC)C(CC)(CCC)C(CC)(CCC)C(CC)(CCC)C(CC)(CCC)[Si](CCC)(CCC)Oc1cc(Br)c2ccccc2c1. The molecule has 0 amide bonds. The number of halogens is 1. The van der Waals surface area contributed by atoms with Gasteiger partial charge < -0.3 is 4.43 Å². The van der Waals surface area contributed by atoms with Crippen LogP contribution in [0.5, 0.6) is 5.75 Å². The molecule has 2 rings (SSSR count). The molecule has 52 heavy (non-hydrogen) atoms. The highest BCUT2D eigenvalue weighted by molar-refractivity contribution is 9.10. The van der Waals surface area contributed by atoms with Crippen LogP contribution in [0.2, 0.25) is 17.1 Å². The second kappa shape index (κ2) is 21.5. The summed E-state index contributed by atoms with van der Waals surface area (Å²) >= 11 is 4.02. The minimum atomic E-state index is -2.54. The quantitative estimate of drug-likeness (QED) is 0.0779. The van der Waals surface area contributed by atoms with Crippen LogP contribution in [-0.2, 0) is 0 Å². The van der Waals surface area contributed by atoms with Crippen molar-refractivity contribution in [2.75, 3.05) is 0 Å². The molecule has 4 unspecified atom stereocenters. The maximum absolute atomic E-state index is 8.17. The van der Waals surface area contributed by atoms with Crippen LogP contribution in [-0.4, -0.2) is 8.32 Å². The molecule has 0 heterocycles. The lowest BCUT2D eigenvalue weighted by molar-refractivity contribution is -0.209. The third-order valence-electron chi connectivity index (χ3n) is 15.3. The van der Waals surface area contributed by atoms with Gasteiger partial charge >= 0.3 is 0 Å². The first-order valence-corrected chi connectivity index (χ1v) is 26.0. The molecule has 4 atom stereocenters. The molecular formula is C49H87BrOSi. The largest absolute Gasteiger partial charge is 0.543 e. The predicted molar refractivity (Wildman–Crippen MR) is 242 cm³/mol. The van der Waals surface area contributed by atoms with Gasteiger partial charge in [0.25, 0.3) is 8.32 Å². The molecule has 300 valence electrons. The zero-order valence-electron chi connectivity index (χ0n) is 37.1. The first-order valence-electron chi connectivity index (χ1n) is 22.9. The Kier molecular flexibility index (Phi) is 19.6. The van der Waals surface area contributed by atoms with E-state index in [0.29, 0.717) is 5.41 Å².